The molecule has 10 heteroatoms. The first-order chi connectivity index (χ1) is 23.1. The first kappa shape index (κ1) is 30.8. The Morgan fingerprint density at radius 3 is 2.68 bits per heavy atom. The molecule has 3 aliphatic heterocycles. The summed E-state index contributed by atoms with van der Waals surface area (Å²) in [6.45, 7) is 6.84. The van der Waals surface area contributed by atoms with Gasteiger partial charge in [0.25, 0.3) is 0 Å². The van der Waals surface area contributed by atoms with Crippen molar-refractivity contribution in [2.45, 2.75) is 57.8 Å². The van der Waals surface area contributed by atoms with E-state index in [1.807, 2.05) is 30.3 Å². The maximum absolute atomic E-state index is 13.2. The van der Waals surface area contributed by atoms with Gasteiger partial charge in [-0.05, 0) is 55.3 Å². The minimum Gasteiger partial charge on any atom is -0.462 e. The zero-order valence-electron chi connectivity index (χ0n) is 26.9. The Hall–Kier alpha value is -4.88. The number of carbonyl (C=O) groups excluding carboxylic acids is 1. The van der Waals surface area contributed by atoms with Crippen molar-refractivity contribution in [2.24, 2.45) is 0 Å². The maximum Gasteiger partial charge on any atom is 0.410 e. The number of nitrogens with one attached hydrogen (secondary N) is 1. The number of hydrogen-bond donors (Lipinski definition) is 1. The lowest BCUT2D eigenvalue weighted by atomic mass is 9.99. The molecule has 242 valence electrons. The molecule has 7 rings (SSSR count). The van der Waals surface area contributed by atoms with Crippen molar-refractivity contribution >= 4 is 28.4 Å². The van der Waals surface area contributed by atoms with Gasteiger partial charge in [-0.25, -0.2) is 4.79 Å². The molecule has 1 N–H and O–H groups in total. The van der Waals surface area contributed by atoms with E-state index in [1.165, 1.54) is 22.0 Å². The molecule has 1 amide bonds. The van der Waals surface area contributed by atoms with Crippen molar-refractivity contribution < 1.29 is 14.3 Å². The van der Waals surface area contributed by atoms with Crippen LogP contribution >= 0.6 is 0 Å². The highest BCUT2D eigenvalue weighted by molar-refractivity contribution is 5.97. The van der Waals surface area contributed by atoms with Crippen molar-refractivity contribution in [3.63, 3.8) is 0 Å². The number of aryl methyl sites for hydroxylation is 1. The molecule has 2 fully saturated rings. The molecule has 10 nitrogen and oxygen atoms in total. The number of nitrogens with zero attached hydrogens (tertiary/aromatic N) is 6. The molecule has 4 aromatic rings. The van der Waals surface area contributed by atoms with Crippen molar-refractivity contribution in [3.05, 3.63) is 89.1 Å². The third-order valence-corrected chi connectivity index (χ3v) is 9.58. The Kier molecular flexibility index (Phi) is 9.07. The van der Waals surface area contributed by atoms with Crippen LogP contribution in [0, 0.1) is 18.3 Å². The second-order valence-electron chi connectivity index (χ2n) is 12.7. The number of carbonyl (C=O) groups is 1. The van der Waals surface area contributed by atoms with Crippen LogP contribution in [0.3, 0.4) is 0 Å². The number of benzene rings is 3. The van der Waals surface area contributed by atoms with Crippen molar-refractivity contribution in [3.8, 4) is 12.1 Å². The SMILES string of the molecule is Cc1cccc2cccc(N3CCc4c(nc(OC[C@@H]5CCCN5)nc4N4CCN(C(=O)OCc5ccccc5)[C@@H](CC#N)C4)C3)c12. The van der Waals surface area contributed by atoms with Crippen molar-refractivity contribution in [1.29, 1.82) is 5.26 Å². The minimum absolute atomic E-state index is 0.196. The fraction of sp³-hybridized carbons (Fsp3) is 0.405. The van der Waals surface area contributed by atoms with Gasteiger partial charge in [0.1, 0.15) is 19.0 Å². The first-order valence-electron chi connectivity index (χ1n) is 16.7. The van der Waals surface area contributed by atoms with Crippen LogP contribution in [0.2, 0.25) is 0 Å². The summed E-state index contributed by atoms with van der Waals surface area (Å²) in [6, 6.07) is 25.2. The van der Waals surface area contributed by atoms with E-state index in [-0.39, 0.29) is 19.1 Å². The molecule has 4 heterocycles. The van der Waals surface area contributed by atoms with E-state index in [2.05, 4.69) is 64.5 Å². The summed E-state index contributed by atoms with van der Waals surface area (Å²) in [5.41, 5.74) is 5.46. The van der Waals surface area contributed by atoms with Gasteiger partial charge in [-0.15, -0.1) is 0 Å². The predicted molar refractivity (Wildman–Crippen MR) is 182 cm³/mol. The van der Waals surface area contributed by atoms with Crippen LogP contribution in [-0.4, -0.2) is 72.4 Å². The van der Waals surface area contributed by atoms with E-state index in [1.54, 1.807) is 4.90 Å². The topological polar surface area (TPSA) is 107 Å². The number of aromatic nitrogens is 2. The van der Waals surface area contributed by atoms with Crippen LogP contribution in [-0.2, 0) is 24.3 Å². The number of hydrogen-bond acceptors (Lipinski definition) is 9. The number of piperazine rings is 1. The smallest absolute Gasteiger partial charge is 0.410 e. The normalized spacial score (nSPS) is 19.4. The fourth-order valence-corrected chi connectivity index (χ4v) is 7.13. The monoisotopic (exact) mass is 631 g/mol. The molecular formula is C37H41N7O3. The van der Waals surface area contributed by atoms with Gasteiger partial charge in [0.2, 0.25) is 0 Å². The lowest BCUT2D eigenvalue weighted by Gasteiger charge is -2.42. The van der Waals surface area contributed by atoms with Crippen molar-refractivity contribution in [1.82, 2.24) is 20.2 Å². The number of ether oxygens (including phenoxy) is 2. The molecule has 0 unspecified atom stereocenters. The quantitative estimate of drug-likeness (QED) is 0.275. The molecule has 2 saturated heterocycles. The summed E-state index contributed by atoms with van der Waals surface area (Å²) >= 11 is 0. The van der Waals surface area contributed by atoms with Gasteiger partial charge in [-0.2, -0.15) is 15.2 Å². The first-order valence-corrected chi connectivity index (χ1v) is 16.7. The Labute approximate surface area is 275 Å². The number of anilines is 2. The molecule has 0 aliphatic carbocycles. The Morgan fingerprint density at radius 2 is 1.87 bits per heavy atom. The van der Waals surface area contributed by atoms with E-state index in [4.69, 9.17) is 19.4 Å². The number of amides is 1. The summed E-state index contributed by atoms with van der Waals surface area (Å²) in [6.07, 6.45) is 2.80. The predicted octanol–water partition coefficient (Wildman–Crippen LogP) is 5.37. The summed E-state index contributed by atoms with van der Waals surface area (Å²) < 4.78 is 11.9. The molecule has 0 spiro atoms. The summed E-state index contributed by atoms with van der Waals surface area (Å²) in [5.74, 6) is 0.846. The van der Waals surface area contributed by atoms with Crippen LogP contribution < -0.4 is 19.9 Å². The Balaban J connectivity index is 1.15. The lowest BCUT2D eigenvalue weighted by molar-refractivity contribution is 0.0767. The highest BCUT2D eigenvalue weighted by Crippen LogP contribution is 2.36. The molecule has 3 aliphatic rings. The van der Waals surface area contributed by atoms with Gasteiger partial charge in [0.05, 0.1) is 30.8 Å². The standard InChI is InChI=1S/C37H41N7O3/c1-26-8-5-11-28-12-6-14-33(34(26)28)42-19-16-31-32(23-42)40-36(46-25-29-13-7-18-39-29)41-35(31)43-20-21-44(30(22-43)15-17-38)37(45)47-24-27-9-3-2-4-10-27/h2-6,8-12,14,29-30,39H,7,13,15-16,18-25H2,1H3/t29-,30-/m0/s1. The fourth-order valence-electron chi connectivity index (χ4n) is 7.13. The number of nitriles is 1. The third-order valence-electron chi connectivity index (χ3n) is 9.58. The maximum atomic E-state index is 13.2. The molecule has 0 radical (unpaired) electrons. The van der Waals surface area contributed by atoms with Gasteiger partial charge >= 0.3 is 12.1 Å². The Morgan fingerprint density at radius 1 is 1.02 bits per heavy atom. The average Bonchev–Trinajstić information content (AvgIpc) is 3.63. The van der Waals surface area contributed by atoms with Gasteiger partial charge in [0, 0.05) is 48.9 Å². The van der Waals surface area contributed by atoms with Gasteiger partial charge in [-0.1, -0.05) is 60.7 Å². The van der Waals surface area contributed by atoms with Crippen LogP contribution in [0.4, 0.5) is 16.3 Å². The zero-order valence-corrected chi connectivity index (χ0v) is 26.9. The van der Waals surface area contributed by atoms with Crippen LogP contribution in [0.15, 0.2) is 66.7 Å². The van der Waals surface area contributed by atoms with Crippen LogP contribution in [0.1, 0.15) is 41.6 Å². The molecular weight excluding hydrogens is 590 g/mol. The largest absolute Gasteiger partial charge is 0.462 e. The second kappa shape index (κ2) is 13.9. The Bertz CT molecular complexity index is 1760. The van der Waals surface area contributed by atoms with E-state index in [0.29, 0.717) is 44.8 Å². The van der Waals surface area contributed by atoms with E-state index >= 15 is 0 Å². The molecule has 0 bridgehead atoms. The summed E-state index contributed by atoms with van der Waals surface area (Å²) in [7, 11) is 0. The lowest BCUT2D eigenvalue weighted by Crippen LogP contribution is -2.55. The van der Waals surface area contributed by atoms with E-state index < -0.39 is 6.09 Å². The summed E-state index contributed by atoms with van der Waals surface area (Å²) in [4.78, 5) is 29.5. The highest BCUT2D eigenvalue weighted by Gasteiger charge is 2.35. The van der Waals surface area contributed by atoms with Crippen LogP contribution in [0.5, 0.6) is 6.01 Å². The summed E-state index contributed by atoms with van der Waals surface area (Å²) in [5, 5.41) is 15.7. The number of fused-ring (bicyclic) bond motifs is 2. The molecule has 1 aromatic heterocycles. The minimum atomic E-state index is -0.396. The van der Waals surface area contributed by atoms with Gasteiger partial charge < -0.3 is 29.5 Å². The molecule has 47 heavy (non-hydrogen) atoms. The zero-order chi connectivity index (χ0) is 32.2. The molecule has 0 saturated carbocycles. The van der Waals surface area contributed by atoms with Gasteiger partial charge in [0.15, 0.2) is 0 Å². The van der Waals surface area contributed by atoms with E-state index in [0.717, 1.165) is 55.0 Å². The average molecular weight is 632 g/mol. The van der Waals surface area contributed by atoms with E-state index in [9.17, 15) is 10.1 Å². The second-order valence-corrected chi connectivity index (χ2v) is 12.7. The highest BCUT2D eigenvalue weighted by atomic mass is 16.6. The number of rotatable bonds is 8. The van der Waals surface area contributed by atoms with Gasteiger partial charge in [-0.3, -0.25) is 0 Å². The molecule has 2 atom stereocenters. The van der Waals surface area contributed by atoms with Crippen LogP contribution in [0.25, 0.3) is 10.8 Å². The van der Waals surface area contributed by atoms with Crippen molar-refractivity contribution in [2.75, 3.05) is 49.1 Å². The molecule has 3 aromatic carbocycles. The third kappa shape index (κ3) is 6.67.